The fraction of sp³-hybridized carbons (Fsp3) is 0.435. The second kappa shape index (κ2) is 9.60. The number of amides is 2. The number of nitrogens with one attached hydrogen (secondary N) is 2. The van der Waals surface area contributed by atoms with Gasteiger partial charge in [0.15, 0.2) is 0 Å². The Hall–Kier alpha value is -2.53. The van der Waals surface area contributed by atoms with Gasteiger partial charge in [-0.25, -0.2) is 4.79 Å². The summed E-state index contributed by atoms with van der Waals surface area (Å²) in [7, 11) is 0. The molecule has 5 heteroatoms. The molecule has 0 aromatic heterocycles. The molecule has 1 saturated heterocycles. The normalized spacial score (nSPS) is 15.4. The lowest BCUT2D eigenvalue weighted by Crippen LogP contribution is -2.47. The minimum Gasteiger partial charge on any atom is -0.487 e. The van der Waals surface area contributed by atoms with Gasteiger partial charge in [0.05, 0.1) is 5.69 Å². The number of piperidine rings is 1. The van der Waals surface area contributed by atoms with Crippen molar-refractivity contribution >= 4 is 11.7 Å². The summed E-state index contributed by atoms with van der Waals surface area (Å²) in [6.45, 7) is 8.97. The number of carbonyl (C=O) groups excluding carboxylic acids is 1. The van der Waals surface area contributed by atoms with Crippen molar-refractivity contribution in [3.63, 3.8) is 0 Å². The van der Waals surface area contributed by atoms with Crippen LogP contribution in [0.5, 0.6) is 5.75 Å². The summed E-state index contributed by atoms with van der Waals surface area (Å²) in [6.07, 6.45) is 1.97. The van der Waals surface area contributed by atoms with Crippen LogP contribution in [0.2, 0.25) is 0 Å². The molecule has 0 spiro atoms. The van der Waals surface area contributed by atoms with Crippen molar-refractivity contribution in [2.75, 3.05) is 18.4 Å². The van der Waals surface area contributed by atoms with E-state index in [1.54, 1.807) is 0 Å². The molecule has 5 nitrogen and oxygen atoms in total. The van der Waals surface area contributed by atoms with Crippen LogP contribution in [0.3, 0.4) is 0 Å². The molecule has 1 heterocycles. The summed E-state index contributed by atoms with van der Waals surface area (Å²) in [5, 5.41) is 6.08. The molecule has 1 fully saturated rings. The number of carbonyl (C=O) groups is 1. The van der Waals surface area contributed by atoms with Gasteiger partial charge in [0.2, 0.25) is 0 Å². The van der Waals surface area contributed by atoms with E-state index in [9.17, 15) is 4.79 Å². The van der Waals surface area contributed by atoms with Crippen LogP contribution in [0.15, 0.2) is 48.5 Å². The van der Waals surface area contributed by atoms with E-state index in [0.29, 0.717) is 24.1 Å². The van der Waals surface area contributed by atoms with Crippen LogP contribution in [-0.4, -0.2) is 36.1 Å². The molecule has 1 aliphatic rings. The highest BCUT2D eigenvalue weighted by atomic mass is 16.5. The molecule has 0 saturated carbocycles. The smallest absolute Gasteiger partial charge is 0.319 e. The standard InChI is InChI=1S/C23H31N3O2/c1-17(2)26-13-11-20(12-14-26)24-23(27)25-21-10-9-18(3)15-22(21)28-16-19-7-5-4-6-8-19/h4-10,15,17,20H,11-14,16H2,1-3H3,(H2,24,25,27). The Balaban J connectivity index is 1.56. The topological polar surface area (TPSA) is 53.6 Å². The van der Waals surface area contributed by atoms with E-state index in [-0.39, 0.29) is 12.1 Å². The molecule has 0 atom stereocenters. The van der Waals surface area contributed by atoms with Gasteiger partial charge in [0.25, 0.3) is 0 Å². The van der Waals surface area contributed by atoms with Crippen LogP contribution < -0.4 is 15.4 Å². The highest BCUT2D eigenvalue weighted by molar-refractivity contribution is 5.91. The van der Waals surface area contributed by atoms with Gasteiger partial charge < -0.3 is 20.3 Å². The molecule has 2 aromatic rings. The zero-order valence-corrected chi connectivity index (χ0v) is 17.1. The summed E-state index contributed by atoms with van der Waals surface area (Å²) < 4.78 is 5.99. The van der Waals surface area contributed by atoms with Crippen LogP contribution >= 0.6 is 0 Å². The molecule has 150 valence electrons. The first-order chi connectivity index (χ1) is 13.5. The van der Waals surface area contributed by atoms with Gasteiger partial charge in [0.1, 0.15) is 12.4 Å². The van der Waals surface area contributed by atoms with Crippen molar-refractivity contribution in [3.8, 4) is 5.75 Å². The highest BCUT2D eigenvalue weighted by Crippen LogP contribution is 2.27. The maximum atomic E-state index is 12.5. The third-order valence-electron chi connectivity index (χ3n) is 5.22. The van der Waals surface area contributed by atoms with Crippen LogP contribution in [0.1, 0.15) is 37.8 Å². The number of anilines is 1. The Kier molecular flexibility index (Phi) is 6.93. The van der Waals surface area contributed by atoms with Gasteiger partial charge in [-0.1, -0.05) is 36.4 Å². The van der Waals surface area contributed by atoms with Crippen LogP contribution in [0, 0.1) is 6.92 Å². The van der Waals surface area contributed by atoms with E-state index < -0.39 is 0 Å². The molecule has 2 N–H and O–H groups in total. The van der Waals surface area contributed by atoms with Crippen molar-refractivity contribution in [2.45, 2.75) is 52.3 Å². The number of nitrogens with zero attached hydrogens (tertiary/aromatic N) is 1. The lowest BCUT2D eigenvalue weighted by molar-refractivity contribution is 0.163. The fourth-order valence-corrected chi connectivity index (χ4v) is 3.49. The summed E-state index contributed by atoms with van der Waals surface area (Å²) in [5.41, 5.74) is 2.88. The zero-order valence-electron chi connectivity index (χ0n) is 17.1. The molecule has 0 aliphatic carbocycles. The van der Waals surface area contributed by atoms with Crippen LogP contribution in [0.4, 0.5) is 10.5 Å². The minimum atomic E-state index is -0.170. The number of hydrogen-bond acceptors (Lipinski definition) is 3. The van der Waals surface area contributed by atoms with Crippen LogP contribution in [-0.2, 0) is 6.61 Å². The first-order valence-electron chi connectivity index (χ1n) is 10.1. The molecule has 0 unspecified atom stereocenters. The molecular weight excluding hydrogens is 350 g/mol. The SMILES string of the molecule is Cc1ccc(NC(=O)NC2CCN(C(C)C)CC2)c(OCc2ccccc2)c1. The third-order valence-corrected chi connectivity index (χ3v) is 5.22. The number of urea groups is 1. The Morgan fingerprint density at radius 2 is 1.86 bits per heavy atom. The number of rotatable bonds is 6. The Morgan fingerprint density at radius 3 is 2.54 bits per heavy atom. The molecule has 0 radical (unpaired) electrons. The van der Waals surface area contributed by atoms with E-state index >= 15 is 0 Å². The largest absolute Gasteiger partial charge is 0.487 e. The highest BCUT2D eigenvalue weighted by Gasteiger charge is 2.22. The third kappa shape index (κ3) is 5.73. The molecule has 28 heavy (non-hydrogen) atoms. The molecule has 0 bridgehead atoms. The average Bonchev–Trinajstić information content (AvgIpc) is 2.69. The zero-order chi connectivity index (χ0) is 19.9. The van der Waals surface area contributed by atoms with E-state index in [4.69, 9.17) is 4.74 Å². The lowest BCUT2D eigenvalue weighted by atomic mass is 10.0. The number of likely N-dealkylation sites (tertiary alicyclic amines) is 1. The Morgan fingerprint density at radius 1 is 1.14 bits per heavy atom. The average molecular weight is 382 g/mol. The molecule has 2 aromatic carbocycles. The first kappa shape index (κ1) is 20.2. The number of ether oxygens (including phenoxy) is 1. The van der Waals surface area contributed by atoms with Crippen molar-refractivity contribution < 1.29 is 9.53 Å². The van der Waals surface area contributed by atoms with Crippen molar-refractivity contribution in [1.82, 2.24) is 10.2 Å². The minimum absolute atomic E-state index is 0.170. The van der Waals surface area contributed by atoms with Gasteiger partial charge >= 0.3 is 6.03 Å². The second-order valence-electron chi connectivity index (χ2n) is 7.78. The van der Waals surface area contributed by atoms with Crippen molar-refractivity contribution in [2.24, 2.45) is 0 Å². The fourth-order valence-electron chi connectivity index (χ4n) is 3.49. The first-order valence-corrected chi connectivity index (χ1v) is 10.1. The predicted octanol–water partition coefficient (Wildman–Crippen LogP) is 4.57. The summed E-state index contributed by atoms with van der Waals surface area (Å²) in [5.74, 6) is 0.689. The van der Waals surface area contributed by atoms with E-state index in [1.165, 1.54) is 0 Å². The van der Waals surface area contributed by atoms with Gasteiger partial charge in [-0.05, 0) is 56.9 Å². The Bertz CT molecular complexity index is 769. The summed E-state index contributed by atoms with van der Waals surface area (Å²) >= 11 is 0. The van der Waals surface area contributed by atoms with E-state index in [1.807, 2.05) is 55.5 Å². The predicted molar refractivity (Wildman–Crippen MR) is 114 cm³/mol. The summed E-state index contributed by atoms with van der Waals surface area (Å²) in [4.78, 5) is 15.0. The lowest BCUT2D eigenvalue weighted by Gasteiger charge is -2.34. The summed E-state index contributed by atoms with van der Waals surface area (Å²) in [6, 6.07) is 16.5. The number of hydrogen-bond donors (Lipinski definition) is 2. The number of benzene rings is 2. The molecular formula is C23H31N3O2. The van der Waals surface area contributed by atoms with E-state index in [2.05, 4.69) is 29.4 Å². The monoisotopic (exact) mass is 381 g/mol. The maximum Gasteiger partial charge on any atom is 0.319 e. The van der Waals surface area contributed by atoms with Gasteiger partial charge in [-0.2, -0.15) is 0 Å². The van der Waals surface area contributed by atoms with Gasteiger partial charge in [0, 0.05) is 25.2 Å². The van der Waals surface area contributed by atoms with Crippen molar-refractivity contribution in [3.05, 3.63) is 59.7 Å². The Labute approximate surface area is 168 Å². The van der Waals surface area contributed by atoms with Crippen molar-refractivity contribution in [1.29, 1.82) is 0 Å². The maximum absolute atomic E-state index is 12.5. The van der Waals surface area contributed by atoms with Gasteiger partial charge in [-0.15, -0.1) is 0 Å². The van der Waals surface area contributed by atoms with E-state index in [0.717, 1.165) is 37.1 Å². The molecule has 1 aliphatic heterocycles. The van der Waals surface area contributed by atoms with Crippen LogP contribution in [0.25, 0.3) is 0 Å². The number of aryl methyl sites for hydroxylation is 1. The molecule has 3 rings (SSSR count). The second-order valence-corrected chi connectivity index (χ2v) is 7.78. The quantitative estimate of drug-likeness (QED) is 0.771. The van der Waals surface area contributed by atoms with Gasteiger partial charge in [-0.3, -0.25) is 0 Å². The molecule has 2 amide bonds.